The molecule has 3 heterocycles. The first-order valence-corrected chi connectivity index (χ1v) is 12.9. The lowest BCUT2D eigenvalue weighted by Gasteiger charge is -2.24. The Kier molecular flexibility index (Phi) is 6.32. The minimum atomic E-state index is 0.176. The lowest BCUT2D eigenvalue weighted by Crippen LogP contribution is -2.35. The van der Waals surface area contributed by atoms with E-state index < -0.39 is 0 Å². The third-order valence-electron chi connectivity index (χ3n) is 6.64. The van der Waals surface area contributed by atoms with Crippen LogP contribution in [-0.2, 0) is 19.5 Å². The van der Waals surface area contributed by atoms with Gasteiger partial charge in [-0.25, -0.2) is 0 Å². The predicted molar refractivity (Wildman–Crippen MR) is 145 cm³/mol. The molecule has 3 aromatic carbocycles. The number of ether oxygens (including phenoxy) is 1. The van der Waals surface area contributed by atoms with Crippen LogP contribution in [-0.4, -0.2) is 39.8 Å². The van der Waals surface area contributed by atoms with E-state index in [2.05, 4.69) is 86.1 Å². The molecule has 0 bridgehead atoms. The quantitative estimate of drug-likeness (QED) is 0.295. The molecule has 0 saturated carbocycles. The fourth-order valence-electron chi connectivity index (χ4n) is 4.88. The zero-order valence-corrected chi connectivity index (χ0v) is 20.9. The van der Waals surface area contributed by atoms with Crippen molar-refractivity contribution in [2.75, 3.05) is 19.0 Å². The van der Waals surface area contributed by atoms with Gasteiger partial charge in [0, 0.05) is 49.0 Å². The van der Waals surface area contributed by atoms with E-state index in [9.17, 15) is 0 Å². The van der Waals surface area contributed by atoms with Crippen molar-refractivity contribution >= 4 is 27.2 Å². The number of methoxy groups -OCH3 is 1. The first-order chi connectivity index (χ1) is 17.7. The van der Waals surface area contributed by atoms with Crippen LogP contribution in [0.4, 0.5) is 5.13 Å². The summed E-state index contributed by atoms with van der Waals surface area (Å²) in [5.41, 5.74) is 5.14. The van der Waals surface area contributed by atoms with Crippen molar-refractivity contribution in [1.29, 1.82) is 0 Å². The fraction of sp³-hybridized carbons (Fsp3) is 0.207. The summed E-state index contributed by atoms with van der Waals surface area (Å²) in [6.07, 6.45) is 4.56. The monoisotopic (exact) mass is 493 g/mol. The molecular formula is C29H27N5OS. The van der Waals surface area contributed by atoms with E-state index in [0.29, 0.717) is 0 Å². The summed E-state index contributed by atoms with van der Waals surface area (Å²) >= 11 is 1.59. The third-order valence-corrected chi connectivity index (χ3v) is 7.54. The molecule has 2 aromatic heterocycles. The molecule has 7 heteroatoms. The molecule has 180 valence electrons. The molecule has 36 heavy (non-hydrogen) atoms. The molecule has 1 unspecified atom stereocenters. The van der Waals surface area contributed by atoms with Gasteiger partial charge in [-0.2, -0.15) is 0 Å². The van der Waals surface area contributed by atoms with Crippen molar-refractivity contribution in [3.05, 3.63) is 102 Å². The highest BCUT2D eigenvalue weighted by atomic mass is 32.1. The summed E-state index contributed by atoms with van der Waals surface area (Å²) < 4.78 is 5.46. The molecule has 1 aliphatic rings. The Bertz CT molecular complexity index is 1480. The molecule has 0 fully saturated rings. The second kappa shape index (κ2) is 10.0. The minimum Gasteiger partial charge on any atom is -0.497 e. The van der Waals surface area contributed by atoms with E-state index >= 15 is 0 Å². The smallest absolute Gasteiger partial charge is 0.206 e. The van der Waals surface area contributed by atoms with Crippen molar-refractivity contribution in [3.8, 4) is 16.3 Å². The molecular weight excluding hydrogens is 466 g/mol. The first kappa shape index (κ1) is 22.6. The number of rotatable bonds is 8. The van der Waals surface area contributed by atoms with Gasteiger partial charge in [-0.3, -0.25) is 9.88 Å². The number of aromatic nitrogens is 3. The minimum absolute atomic E-state index is 0.176. The van der Waals surface area contributed by atoms with Crippen molar-refractivity contribution in [2.24, 2.45) is 0 Å². The molecule has 1 aliphatic heterocycles. The van der Waals surface area contributed by atoms with E-state index in [4.69, 9.17) is 4.74 Å². The van der Waals surface area contributed by atoms with Crippen LogP contribution in [0.15, 0.2) is 85.2 Å². The Labute approximate surface area is 214 Å². The van der Waals surface area contributed by atoms with Crippen LogP contribution in [0.25, 0.3) is 21.3 Å². The summed E-state index contributed by atoms with van der Waals surface area (Å²) in [5, 5.41) is 16.7. The highest BCUT2D eigenvalue weighted by Crippen LogP contribution is 2.30. The van der Waals surface area contributed by atoms with Crippen LogP contribution >= 0.6 is 11.3 Å². The summed E-state index contributed by atoms with van der Waals surface area (Å²) in [5.74, 6) is 0.879. The van der Waals surface area contributed by atoms with Crippen LogP contribution < -0.4 is 10.1 Å². The van der Waals surface area contributed by atoms with Crippen LogP contribution in [0.5, 0.6) is 5.75 Å². The molecule has 0 aliphatic carbocycles. The van der Waals surface area contributed by atoms with E-state index in [0.717, 1.165) is 58.3 Å². The molecule has 0 radical (unpaired) electrons. The highest BCUT2D eigenvalue weighted by molar-refractivity contribution is 7.18. The maximum absolute atomic E-state index is 5.46. The van der Waals surface area contributed by atoms with Gasteiger partial charge in [0.05, 0.1) is 7.11 Å². The molecule has 1 N–H and O–H groups in total. The Hall–Kier alpha value is -3.81. The van der Waals surface area contributed by atoms with E-state index in [1.165, 1.54) is 16.7 Å². The van der Waals surface area contributed by atoms with Crippen LogP contribution in [0, 0.1) is 0 Å². The van der Waals surface area contributed by atoms with Gasteiger partial charge in [0.2, 0.25) is 5.13 Å². The number of nitrogens with one attached hydrogen (secondary N) is 1. The summed E-state index contributed by atoms with van der Waals surface area (Å²) in [6.45, 7) is 2.85. The molecule has 0 spiro atoms. The van der Waals surface area contributed by atoms with Crippen LogP contribution in [0.3, 0.4) is 0 Å². The van der Waals surface area contributed by atoms with Crippen molar-refractivity contribution < 1.29 is 4.74 Å². The zero-order valence-electron chi connectivity index (χ0n) is 20.1. The van der Waals surface area contributed by atoms with Gasteiger partial charge in [0.15, 0.2) is 0 Å². The van der Waals surface area contributed by atoms with Crippen LogP contribution in [0.2, 0.25) is 0 Å². The predicted octanol–water partition coefficient (Wildman–Crippen LogP) is 5.80. The molecule has 1 atom stereocenters. The average Bonchev–Trinajstić information content (AvgIpc) is 3.55. The molecule has 0 amide bonds. The second-order valence-corrected chi connectivity index (χ2v) is 10.2. The van der Waals surface area contributed by atoms with Crippen molar-refractivity contribution in [2.45, 2.75) is 25.6 Å². The number of benzene rings is 3. The normalized spacial score (nSPS) is 14.0. The van der Waals surface area contributed by atoms with E-state index in [1.54, 1.807) is 18.4 Å². The maximum atomic E-state index is 5.46. The Morgan fingerprint density at radius 2 is 1.81 bits per heavy atom. The largest absolute Gasteiger partial charge is 0.497 e. The van der Waals surface area contributed by atoms with Gasteiger partial charge < -0.3 is 10.1 Å². The number of nitrogens with zero attached hydrogens (tertiary/aromatic N) is 4. The van der Waals surface area contributed by atoms with E-state index in [-0.39, 0.29) is 6.04 Å². The number of hydrogen-bond donors (Lipinski definition) is 1. The van der Waals surface area contributed by atoms with Gasteiger partial charge in [-0.1, -0.05) is 59.9 Å². The topological polar surface area (TPSA) is 63.2 Å². The van der Waals surface area contributed by atoms with Crippen molar-refractivity contribution in [1.82, 2.24) is 20.1 Å². The number of hydrogen-bond acceptors (Lipinski definition) is 7. The molecule has 5 aromatic rings. The average molecular weight is 494 g/mol. The molecule has 0 saturated heterocycles. The fourth-order valence-corrected chi connectivity index (χ4v) is 5.70. The van der Waals surface area contributed by atoms with Gasteiger partial charge in [0.25, 0.3) is 0 Å². The Morgan fingerprint density at radius 3 is 2.64 bits per heavy atom. The Morgan fingerprint density at radius 1 is 0.944 bits per heavy atom. The maximum Gasteiger partial charge on any atom is 0.206 e. The van der Waals surface area contributed by atoms with Gasteiger partial charge >= 0.3 is 0 Å². The van der Waals surface area contributed by atoms with Gasteiger partial charge in [-0.15, -0.1) is 10.2 Å². The summed E-state index contributed by atoms with van der Waals surface area (Å²) in [6, 6.07) is 25.5. The standard InChI is InChI=1S/C29H27N5OS/c1-35-27-8-4-5-20(14-27)13-26(19-34-17-24-6-2-3-7-25(24)18-34)31-29-33-32-28(36-29)22-9-10-23-16-30-12-11-21(23)15-22/h2-12,14-16,26H,13,17-19H2,1H3,(H,31,33). The molecule has 6 nitrogen and oxygen atoms in total. The first-order valence-electron chi connectivity index (χ1n) is 12.1. The number of fused-ring (bicyclic) bond motifs is 2. The SMILES string of the molecule is COc1cccc(CC(CN2Cc3ccccc3C2)Nc2nnc(-c3ccc4cnccc4c3)s2)c1. The zero-order chi connectivity index (χ0) is 24.3. The van der Waals surface area contributed by atoms with Crippen LogP contribution in [0.1, 0.15) is 16.7 Å². The second-order valence-electron chi connectivity index (χ2n) is 9.19. The lowest BCUT2D eigenvalue weighted by molar-refractivity contribution is 0.270. The number of pyridine rings is 1. The summed E-state index contributed by atoms with van der Waals surface area (Å²) in [7, 11) is 1.71. The Balaban J connectivity index is 1.22. The van der Waals surface area contributed by atoms with Crippen molar-refractivity contribution in [3.63, 3.8) is 0 Å². The van der Waals surface area contributed by atoms with Gasteiger partial charge in [0.1, 0.15) is 10.8 Å². The third kappa shape index (κ3) is 4.94. The summed E-state index contributed by atoms with van der Waals surface area (Å²) in [4.78, 5) is 6.71. The van der Waals surface area contributed by atoms with Gasteiger partial charge in [-0.05, 0) is 52.8 Å². The highest BCUT2D eigenvalue weighted by Gasteiger charge is 2.23. The molecule has 6 rings (SSSR count). The van der Waals surface area contributed by atoms with E-state index in [1.807, 2.05) is 24.5 Å². The number of anilines is 1. The lowest BCUT2D eigenvalue weighted by atomic mass is 10.1.